The molecule has 12 heteroatoms. The van der Waals surface area contributed by atoms with Gasteiger partial charge in [-0.25, -0.2) is 4.79 Å². The van der Waals surface area contributed by atoms with Crippen LogP contribution >= 0.6 is 0 Å². The maximum absolute atomic E-state index is 13.2. The Labute approximate surface area is 477 Å². The summed E-state index contributed by atoms with van der Waals surface area (Å²) >= 11 is 0. The minimum Gasteiger partial charge on any atom is -0.479 e. The molecule has 0 amide bonds. The summed E-state index contributed by atoms with van der Waals surface area (Å²) < 4.78 is 28.3. The van der Waals surface area contributed by atoms with Crippen LogP contribution < -0.4 is 0 Å². The fraction of sp³-hybridized carbons (Fsp3) is 0.612. The Hall–Kier alpha value is -5.14. The standard InChI is InChI=1S/C67H104O12/c1-4-7-10-13-16-19-22-25-27-29-30-32-33-36-38-41-44-47-50-53-59(68)75-56-58(77-60(69)54-51-48-45-42-40-37-34-31-28-26-23-20-17-14-11-8-5-2)57-76-67-65(63(72)62(71)64(79-67)66(73)74)78-61(70)55-52-49-46-43-39-35-24-21-18-15-12-9-6-3/h8-9,11-12,16-21,25-28,30,32,34-35,37,39,46,49,58,62-65,67,71-72H,4-7,10,13-15,22-24,29,31,33,36,38,40-45,47-48,50-57H2,1-3H3,(H,73,74)/b11-8-,12-9-,19-16-,20-17-,21-18-,27-25-,28-26-,32-30-,37-34-,39-35-,49-46-. The molecule has 6 atom stereocenters. The number of carbonyl (C=O) groups is 4. The number of esters is 3. The highest BCUT2D eigenvalue weighted by Crippen LogP contribution is 2.26. The first-order valence-electron chi connectivity index (χ1n) is 30.2. The minimum atomic E-state index is -1.94. The molecule has 79 heavy (non-hydrogen) atoms. The zero-order valence-electron chi connectivity index (χ0n) is 48.8. The lowest BCUT2D eigenvalue weighted by molar-refractivity contribution is -0.301. The molecular formula is C67H104O12. The second-order valence-electron chi connectivity index (χ2n) is 19.9. The average molecular weight is 1100 g/mol. The molecule has 444 valence electrons. The summed E-state index contributed by atoms with van der Waals surface area (Å²) in [6.45, 7) is 5.66. The lowest BCUT2D eigenvalue weighted by atomic mass is 9.98. The first kappa shape index (κ1) is 71.9. The second kappa shape index (κ2) is 53.5. The highest BCUT2D eigenvalue weighted by atomic mass is 16.7. The molecule has 1 saturated heterocycles. The van der Waals surface area contributed by atoms with Crippen molar-refractivity contribution in [1.82, 2.24) is 0 Å². The lowest BCUT2D eigenvalue weighted by Gasteiger charge is -2.40. The number of allylic oxidation sites excluding steroid dienone is 22. The molecule has 6 unspecified atom stereocenters. The Kier molecular flexibility index (Phi) is 48.7. The predicted octanol–water partition coefficient (Wildman–Crippen LogP) is 15.8. The summed E-state index contributed by atoms with van der Waals surface area (Å²) in [5.41, 5.74) is 0. The van der Waals surface area contributed by atoms with Gasteiger partial charge in [-0.05, 0) is 122 Å². The Balaban J connectivity index is 2.75. The summed E-state index contributed by atoms with van der Waals surface area (Å²) in [6.07, 6.45) is 62.9. The average Bonchev–Trinajstić information content (AvgIpc) is 3.46. The number of ether oxygens (including phenoxy) is 5. The number of rotatable bonds is 49. The molecule has 0 aromatic carbocycles. The van der Waals surface area contributed by atoms with Crippen LogP contribution in [0.2, 0.25) is 0 Å². The van der Waals surface area contributed by atoms with Crippen molar-refractivity contribution in [2.75, 3.05) is 13.2 Å². The molecule has 0 spiro atoms. The Morgan fingerprint density at radius 3 is 1.27 bits per heavy atom. The molecule has 0 aromatic rings. The van der Waals surface area contributed by atoms with Crippen molar-refractivity contribution in [2.24, 2.45) is 0 Å². The Morgan fingerprint density at radius 2 is 0.823 bits per heavy atom. The van der Waals surface area contributed by atoms with Crippen molar-refractivity contribution in [1.29, 1.82) is 0 Å². The van der Waals surface area contributed by atoms with Crippen LogP contribution in [0.5, 0.6) is 0 Å². The van der Waals surface area contributed by atoms with Crippen LogP contribution in [0, 0.1) is 0 Å². The van der Waals surface area contributed by atoms with Gasteiger partial charge < -0.3 is 39.0 Å². The van der Waals surface area contributed by atoms with E-state index >= 15 is 0 Å². The molecule has 12 nitrogen and oxygen atoms in total. The molecule has 1 heterocycles. The van der Waals surface area contributed by atoms with E-state index in [2.05, 4.69) is 136 Å². The van der Waals surface area contributed by atoms with Crippen LogP contribution in [0.4, 0.5) is 0 Å². The highest BCUT2D eigenvalue weighted by Gasteiger charge is 2.50. The quantitative estimate of drug-likeness (QED) is 0.0228. The van der Waals surface area contributed by atoms with Gasteiger partial charge in [0, 0.05) is 19.3 Å². The van der Waals surface area contributed by atoms with E-state index in [1.807, 2.05) is 18.2 Å². The van der Waals surface area contributed by atoms with Crippen molar-refractivity contribution < 1.29 is 58.2 Å². The van der Waals surface area contributed by atoms with Gasteiger partial charge in [0.1, 0.15) is 18.8 Å². The van der Waals surface area contributed by atoms with E-state index < -0.39 is 67.3 Å². The third-order valence-electron chi connectivity index (χ3n) is 12.7. The fourth-order valence-electron chi connectivity index (χ4n) is 8.14. The largest absolute Gasteiger partial charge is 0.479 e. The predicted molar refractivity (Wildman–Crippen MR) is 321 cm³/mol. The summed E-state index contributed by atoms with van der Waals surface area (Å²) in [7, 11) is 0. The first-order valence-corrected chi connectivity index (χ1v) is 30.2. The van der Waals surface area contributed by atoms with Gasteiger partial charge in [-0.3, -0.25) is 14.4 Å². The highest BCUT2D eigenvalue weighted by molar-refractivity contribution is 5.74. The van der Waals surface area contributed by atoms with Crippen LogP contribution in [-0.2, 0) is 42.9 Å². The van der Waals surface area contributed by atoms with E-state index in [1.165, 1.54) is 25.7 Å². The monoisotopic (exact) mass is 1100 g/mol. The number of aliphatic carboxylic acids is 1. The number of carboxylic acid groups (broad SMARTS) is 1. The molecule has 1 aliphatic rings. The summed E-state index contributed by atoms with van der Waals surface area (Å²) in [5.74, 6) is -3.30. The smallest absolute Gasteiger partial charge is 0.335 e. The van der Waals surface area contributed by atoms with Crippen molar-refractivity contribution in [3.05, 3.63) is 134 Å². The number of aliphatic hydroxyl groups is 2. The first-order chi connectivity index (χ1) is 38.6. The van der Waals surface area contributed by atoms with Crippen LogP contribution in [0.3, 0.4) is 0 Å². The Bertz CT molecular complexity index is 1880. The molecule has 1 aliphatic heterocycles. The molecule has 0 aliphatic carbocycles. The molecule has 0 radical (unpaired) electrons. The van der Waals surface area contributed by atoms with Gasteiger partial charge in [0.2, 0.25) is 0 Å². The zero-order valence-corrected chi connectivity index (χ0v) is 48.8. The van der Waals surface area contributed by atoms with E-state index in [0.717, 1.165) is 122 Å². The number of carboxylic acids is 1. The van der Waals surface area contributed by atoms with Crippen LogP contribution in [0.1, 0.15) is 213 Å². The normalized spacial score (nSPS) is 18.8. The molecule has 1 fully saturated rings. The van der Waals surface area contributed by atoms with Gasteiger partial charge in [-0.2, -0.15) is 0 Å². The summed E-state index contributed by atoms with van der Waals surface area (Å²) in [4.78, 5) is 51.1. The second-order valence-corrected chi connectivity index (χ2v) is 19.9. The number of aliphatic hydroxyl groups excluding tert-OH is 2. The van der Waals surface area contributed by atoms with Gasteiger partial charge in [0.05, 0.1) is 6.61 Å². The SMILES string of the molecule is CC/C=C\C/C=C\C/C=C\C/C=C\CCCCCCC(=O)OC(COC(=O)CCCCCCCC/C=C\C/C=C\C/C=C\CCCCC)COC1OC(C(=O)O)C(O)C(O)C1OC(=O)CC/C=C\C/C=C\C/C=C\C/C=C\CC. The van der Waals surface area contributed by atoms with E-state index in [0.29, 0.717) is 25.7 Å². The topological polar surface area (TPSA) is 175 Å². The van der Waals surface area contributed by atoms with Crippen LogP contribution in [0.25, 0.3) is 0 Å². The fourth-order valence-corrected chi connectivity index (χ4v) is 8.14. The van der Waals surface area contributed by atoms with E-state index in [1.54, 1.807) is 0 Å². The maximum Gasteiger partial charge on any atom is 0.335 e. The third kappa shape index (κ3) is 43.4. The van der Waals surface area contributed by atoms with Gasteiger partial charge in [0.25, 0.3) is 0 Å². The zero-order chi connectivity index (χ0) is 57.5. The summed E-state index contributed by atoms with van der Waals surface area (Å²) in [6, 6.07) is 0. The molecule has 3 N–H and O–H groups in total. The minimum absolute atomic E-state index is 0.0723. The molecule has 0 bridgehead atoms. The van der Waals surface area contributed by atoms with Gasteiger partial charge in [0.15, 0.2) is 24.6 Å². The van der Waals surface area contributed by atoms with Crippen LogP contribution in [-0.4, -0.2) is 89.2 Å². The lowest BCUT2D eigenvalue weighted by Crippen LogP contribution is -2.61. The van der Waals surface area contributed by atoms with Crippen molar-refractivity contribution in [3.8, 4) is 0 Å². The van der Waals surface area contributed by atoms with Gasteiger partial charge >= 0.3 is 23.9 Å². The number of hydrogen-bond acceptors (Lipinski definition) is 11. The number of hydrogen-bond donors (Lipinski definition) is 3. The molecule has 0 saturated carbocycles. The van der Waals surface area contributed by atoms with Gasteiger partial charge in [-0.15, -0.1) is 0 Å². The number of unbranched alkanes of at least 4 members (excludes halogenated alkanes) is 13. The van der Waals surface area contributed by atoms with E-state index in [9.17, 15) is 34.5 Å². The molecular weight excluding hydrogens is 997 g/mol. The van der Waals surface area contributed by atoms with Gasteiger partial charge in [-0.1, -0.05) is 206 Å². The van der Waals surface area contributed by atoms with E-state index in [-0.39, 0.29) is 25.9 Å². The summed E-state index contributed by atoms with van der Waals surface area (Å²) in [5, 5.41) is 31.5. The van der Waals surface area contributed by atoms with Crippen molar-refractivity contribution in [2.45, 2.75) is 250 Å². The van der Waals surface area contributed by atoms with Crippen molar-refractivity contribution in [3.63, 3.8) is 0 Å². The Morgan fingerprint density at radius 1 is 0.430 bits per heavy atom. The maximum atomic E-state index is 13.2. The van der Waals surface area contributed by atoms with Crippen molar-refractivity contribution >= 4 is 23.9 Å². The number of carbonyl (C=O) groups excluding carboxylic acids is 3. The van der Waals surface area contributed by atoms with Crippen LogP contribution in [0.15, 0.2) is 134 Å². The molecule has 1 rings (SSSR count). The third-order valence-corrected chi connectivity index (χ3v) is 12.7. The molecule has 0 aromatic heterocycles. The van der Waals surface area contributed by atoms with E-state index in [4.69, 9.17) is 23.7 Å².